The van der Waals surface area contributed by atoms with Gasteiger partial charge in [0.1, 0.15) is 0 Å². The van der Waals surface area contributed by atoms with Crippen molar-refractivity contribution in [1.82, 2.24) is 5.32 Å². The topological polar surface area (TPSA) is 32.3 Å². The van der Waals surface area contributed by atoms with Gasteiger partial charge in [0.05, 0.1) is 6.10 Å². The zero-order chi connectivity index (χ0) is 10.2. The van der Waals surface area contributed by atoms with Gasteiger partial charge in [0, 0.05) is 0 Å². The van der Waals surface area contributed by atoms with E-state index in [1.807, 2.05) is 6.92 Å². The Balaban J connectivity index is 1.95. The normalized spacial score (nSPS) is 23.7. The maximum atomic E-state index is 9.34. The van der Waals surface area contributed by atoms with Crippen LogP contribution in [0.1, 0.15) is 39.0 Å². The Morgan fingerprint density at radius 3 is 3.00 bits per heavy atom. The lowest BCUT2D eigenvalue weighted by atomic mass is 9.94. The summed E-state index contributed by atoms with van der Waals surface area (Å²) in [5.41, 5.74) is 0. The highest BCUT2D eigenvalue weighted by molar-refractivity contribution is 4.90. The first-order valence-corrected chi connectivity index (χ1v) is 5.86. The first-order chi connectivity index (χ1) is 6.83. The molecule has 14 heavy (non-hydrogen) atoms. The van der Waals surface area contributed by atoms with Crippen LogP contribution >= 0.6 is 0 Å². The molecule has 0 aromatic heterocycles. The van der Waals surface area contributed by atoms with Gasteiger partial charge in [-0.15, -0.1) is 0 Å². The largest absolute Gasteiger partial charge is 0.393 e. The Kier molecular flexibility index (Phi) is 5.88. The molecular weight excluding hydrogens is 174 g/mol. The lowest BCUT2D eigenvalue weighted by Gasteiger charge is -2.18. The summed E-state index contributed by atoms with van der Waals surface area (Å²) in [6.07, 6.45) is 9.99. The number of rotatable bonds is 6. The lowest BCUT2D eigenvalue weighted by Crippen LogP contribution is -2.26. The zero-order valence-electron chi connectivity index (χ0n) is 9.21. The van der Waals surface area contributed by atoms with Gasteiger partial charge in [-0.1, -0.05) is 19.1 Å². The maximum Gasteiger partial charge on any atom is 0.0549 e. The fourth-order valence-corrected chi connectivity index (χ4v) is 1.82. The van der Waals surface area contributed by atoms with Crippen LogP contribution in [-0.4, -0.2) is 24.3 Å². The van der Waals surface area contributed by atoms with E-state index < -0.39 is 0 Å². The molecule has 0 radical (unpaired) electrons. The van der Waals surface area contributed by atoms with Crippen LogP contribution in [0.25, 0.3) is 0 Å². The Hall–Kier alpha value is -0.340. The fraction of sp³-hybridized carbons (Fsp3) is 0.833. The predicted molar refractivity (Wildman–Crippen MR) is 60.3 cm³/mol. The molecule has 1 aliphatic rings. The summed E-state index contributed by atoms with van der Waals surface area (Å²) >= 11 is 0. The molecule has 82 valence electrons. The average molecular weight is 197 g/mol. The Bertz CT molecular complexity index is 168. The van der Waals surface area contributed by atoms with Crippen molar-refractivity contribution in [1.29, 1.82) is 0 Å². The minimum absolute atomic E-state index is 0.117. The van der Waals surface area contributed by atoms with E-state index in [0.717, 1.165) is 31.8 Å². The van der Waals surface area contributed by atoms with E-state index in [9.17, 15) is 5.11 Å². The minimum atomic E-state index is -0.117. The summed E-state index contributed by atoms with van der Waals surface area (Å²) in [7, 11) is 0. The van der Waals surface area contributed by atoms with Gasteiger partial charge in [-0.05, 0) is 51.1 Å². The van der Waals surface area contributed by atoms with Crippen molar-refractivity contribution < 1.29 is 5.11 Å². The third kappa shape index (κ3) is 4.77. The summed E-state index contributed by atoms with van der Waals surface area (Å²) in [6, 6.07) is 0. The number of allylic oxidation sites excluding steroid dienone is 2. The molecule has 2 unspecified atom stereocenters. The fourth-order valence-electron chi connectivity index (χ4n) is 1.82. The van der Waals surface area contributed by atoms with Crippen molar-refractivity contribution in [3.05, 3.63) is 12.2 Å². The molecule has 0 aromatic carbocycles. The molecule has 0 saturated heterocycles. The van der Waals surface area contributed by atoms with Crippen molar-refractivity contribution >= 4 is 0 Å². The summed E-state index contributed by atoms with van der Waals surface area (Å²) in [5.74, 6) is 0.818. The predicted octanol–water partition coefficient (Wildman–Crippen LogP) is 2.09. The minimum Gasteiger partial charge on any atom is -0.393 e. The van der Waals surface area contributed by atoms with Crippen molar-refractivity contribution in [2.75, 3.05) is 13.1 Å². The van der Waals surface area contributed by atoms with Gasteiger partial charge < -0.3 is 10.4 Å². The van der Waals surface area contributed by atoms with Crippen LogP contribution in [0.5, 0.6) is 0 Å². The first-order valence-electron chi connectivity index (χ1n) is 5.86. The highest BCUT2D eigenvalue weighted by Gasteiger charge is 2.08. The number of hydrogen-bond donors (Lipinski definition) is 2. The molecule has 0 aliphatic heterocycles. The molecule has 1 aliphatic carbocycles. The Labute approximate surface area is 87.4 Å². The van der Waals surface area contributed by atoms with E-state index in [1.54, 1.807) is 0 Å². The van der Waals surface area contributed by atoms with Gasteiger partial charge in [-0.3, -0.25) is 0 Å². The number of nitrogens with one attached hydrogen (secondary N) is 1. The van der Waals surface area contributed by atoms with E-state index in [0.29, 0.717) is 0 Å². The number of hydrogen-bond acceptors (Lipinski definition) is 2. The molecule has 0 amide bonds. The smallest absolute Gasteiger partial charge is 0.0549 e. The van der Waals surface area contributed by atoms with Gasteiger partial charge in [0.15, 0.2) is 0 Å². The number of aliphatic hydroxyl groups excluding tert-OH is 1. The molecule has 0 fully saturated rings. The van der Waals surface area contributed by atoms with Crippen LogP contribution in [0.2, 0.25) is 0 Å². The third-order valence-electron chi connectivity index (χ3n) is 2.94. The van der Waals surface area contributed by atoms with E-state index in [4.69, 9.17) is 0 Å². The number of aliphatic hydroxyl groups is 1. The van der Waals surface area contributed by atoms with Crippen molar-refractivity contribution in [2.24, 2.45) is 5.92 Å². The van der Waals surface area contributed by atoms with E-state index in [2.05, 4.69) is 17.5 Å². The standard InChI is InChI=1S/C12H23NO/c1-2-12(14)8-9-13-10-11-6-4-3-5-7-11/h3-4,11-14H,2,5-10H2,1H3. The molecule has 0 aromatic rings. The summed E-state index contributed by atoms with van der Waals surface area (Å²) < 4.78 is 0. The lowest BCUT2D eigenvalue weighted by molar-refractivity contribution is 0.159. The Morgan fingerprint density at radius 2 is 2.36 bits per heavy atom. The van der Waals surface area contributed by atoms with Crippen LogP contribution in [0.15, 0.2) is 12.2 Å². The molecule has 0 saturated carbocycles. The molecule has 2 heteroatoms. The van der Waals surface area contributed by atoms with Crippen LogP contribution in [0.4, 0.5) is 0 Å². The third-order valence-corrected chi connectivity index (χ3v) is 2.94. The van der Waals surface area contributed by atoms with Crippen molar-refractivity contribution in [2.45, 2.75) is 45.1 Å². The Morgan fingerprint density at radius 1 is 1.50 bits per heavy atom. The van der Waals surface area contributed by atoms with Crippen LogP contribution in [-0.2, 0) is 0 Å². The quantitative estimate of drug-likeness (QED) is 0.505. The molecule has 0 bridgehead atoms. The van der Waals surface area contributed by atoms with Crippen molar-refractivity contribution in [3.63, 3.8) is 0 Å². The van der Waals surface area contributed by atoms with Crippen molar-refractivity contribution in [3.8, 4) is 0 Å². The van der Waals surface area contributed by atoms with Crippen LogP contribution in [0, 0.1) is 5.92 Å². The van der Waals surface area contributed by atoms with Crippen LogP contribution in [0.3, 0.4) is 0 Å². The SMILES string of the molecule is CCC(O)CCNCC1CC=CCC1. The molecular formula is C12H23NO. The molecule has 2 N–H and O–H groups in total. The van der Waals surface area contributed by atoms with Gasteiger partial charge in [-0.25, -0.2) is 0 Å². The summed E-state index contributed by atoms with van der Waals surface area (Å²) in [4.78, 5) is 0. The average Bonchev–Trinajstić information content (AvgIpc) is 2.25. The monoisotopic (exact) mass is 197 g/mol. The second-order valence-electron chi connectivity index (χ2n) is 4.21. The second kappa shape index (κ2) is 7.02. The van der Waals surface area contributed by atoms with Gasteiger partial charge in [0.2, 0.25) is 0 Å². The van der Waals surface area contributed by atoms with E-state index in [1.165, 1.54) is 19.3 Å². The highest BCUT2D eigenvalue weighted by atomic mass is 16.3. The molecule has 0 heterocycles. The van der Waals surface area contributed by atoms with E-state index in [-0.39, 0.29) is 6.10 Å². The van der Waals surface area contributed by atoms with Gasteiger partial charge in [-0.2, -0.15) is 0 Å². The maximum absolute atomic E-state index is 9.34. The second-order valence-corrected chi connectivity index (χ2v) is 4.21. The molecule has 1 rings (SSSR count). The zero-order valence-corrected chi connectivity index (χ0v) is 9.21. The molecule has 0 spiro atoms. The van der Waals surface area contributed by atoms with Crippen LogP contribution < -0.4 is 5.32 Å². The van der Waals surface area contributed by atoms with E-state index >= 15 is 0 Å². The summed E-state index contributed by atoms with van der Waals surface area (Å²) in [5, 5.41) is 12.8. The van der Waals surface area contributed by atoms with Gasteiger partial charge in [0.25, 0.3) is 0 Å². The highest BCUT2D eigenvalue weighted by Crippen LogP contribution is 2.16. The summed E-state index contributed by atoms with van der Waals surface area (Å²) in [6.45, 7) is 4.09. The first kappa shape index (κ1) is 11.7. The molecule has 2 atom stereocenters. The van der Waals surface area contributed by atoms with Gasteiger partial charge >= 0.3 is 0 Å². The molecule has 2 nitrogen and oxygen atoms in total.